The fraction of sp³-hybridized carbons (Fsp3) is 0.300. The van der Waals surface area contributed by atoms with Gasteiger partial charge < -0.3 is 4.74 Å². The number of ether oxygens (including phenoxy) is 1. The summed E-state index contributed by atoms with van der Waals surface area (Å²) in [4.78, 5) is 11.8. The van der Waals surface area contributed by atoms with Gasteiger partial charge in [0, 0.05) is 11.4 Å². The molecule has 1 aliphatic rings. The third-order valence-corrected chi connectivity index (χ3v) is 6.49. The largest absolute Gasteiger partial charge is 0.489 e. The number of benzene rings is 2. The van der Waals surface area contributed by atoms with Gasteiger partial charge in [-0.15, -0.1) is 0 Å². The number of hydrogen-bond donors (Lipinski definition) is 1. The van der Waals surface area contributed by atoms with Crippen molar-refractivity contribution in [2.75, 3.05) is 11.5 Å². The van der Waals surface area contributed by atoms with Gasteiger partial charge in [-0.2, -0.15) is 5.10 Å². The van der Waals surface area contributed by atoms with E-state index in [-0.39, 0.29) is 29.8 Å². The molecule has 1 fully saturated rings. The average molecular weight is 421 g/mol. The van der Waals surface area contributed by atoms with Crippen molar-refractivity contribution in [2.45, 2.75) is 19.4 Å². The van der Waals surface area contributed by atoms with Crippen LogP contribution in [0.4, 0.5) is 0 Å². The van der Waals surface area contributed by atoms with Crippen molar-refractivity contribution in [1.29, 1.82) is 0 Å². The van der Waals surface area contributed by atoms with Gasteiger partial charge in [-0.3, -0.25) is 4.79 Å². The van der Waals surface area contributed by atoms with E-state index in [9.17, 15) is 13.2 Å². The quantitative estimate of drug-likeness (QED) is 0.550. The van der Waals surface area contributed by atoms with Crippen LogP contribution < -0.4 is 10.2 Å². The number of rotatable bonds is 7. The molecule has 6 nitrogen and oxygen atoms in total. The highest BCUT2D eigenvalue weighted by Gasteiger charge is 2.29. The first-order valence-corrected chi connectivity index (χ1v) is 11.1. The van der Waals surface area contributed by atoms with Gasteiger partial charge in [0.1, 0.15) is 12.4 Å². The normalized spacial score (nSPS) is 18.2. The molecule has 0 aromatic heterocycles. The van der Waals surface area contributed by atoms with Gasteiger partial charge in [0.25, 0.3) is 0 Å². The van der Waals surface area contributed by atoms with Gasteiger partial charge in [-0.1, -0.05) is 23.7 Å². The number of carbonyl (C=O) groups excluding carboxylic acids is 1. The molecule has 2 aromatic carbocycles. The standard InChI is InChI=1S/C20H21ClN2O4S/c21-18-5-1-16(2-6-18)13-27-19-7-3-15(4-8-19)12-22-23-20(24)11-17-9-10-28(25,26)14-17/h1-8,12,17H,9-11,13-14H2,(H,23,24)/b22-12-/t17-/m0/s1. The van der Waals surface area contributed by atoms with Crippen molar-refractivity contribution in [3.05, 3.63) is 64.7 Å². The number of nitrogens with one attached hydrogen (secondary N) is 1. The van der Waals surface area contributed by atoms with Crippen molar-refractivity contribution in [3.63, 3.8) is 0 Å². The number of hydrazone groups is 1. The van der Waals surface area contributed by atoms with Crippen molar-refractivity contribution in [2.24, 2.45) is 11.0 Å². The van der Waals surface area contributed by atoms with Crippen LogP contribution in [0.25, 0.3) is 0 Å². The summed E-state index contributed by atoms with van der Waals surface area (Å²) in [6.07, 6.45) is 2.25. The highest BCUT2D eigenvalue weighted by atomic mass is 35.5. The molecule has 1 saturated heterocycles. The molecule has 2 aromatic rings. The molecule has 1 aliphatic heterocycles. The van der Waals surface area contributed by atoms with Crippen LogP contribution in [0.3, 0.4) is 0 Å². The predicted molar refractivity (Wildman–Crippen MR) is 109 cm³/mol. The summed E-state index contributed by atoms with van der Waals surface area (Å²) in [5.41, 5.74) is 4.27. The molecule has 28 heavy (non-hydrogen) atoms. The minimum atomic E-state index is -2.97. The number of hydrogen-bond acceptors (Lipinski definition) is 5. The lowest BCUT2D eigenvalue weighted by Gasteiger charge is -2.07. The molecule has 0 saturated carbocycles. The van der Waals surface area contributed by atoms with Crippen LogP contribution in [0.2, 0.25) is 5.02 Å². The molecule has 1 atom stereocenters. The Balaban J connectivity index is 1.43. The van der Waals surface area contributed by atoms with E-state index in [1.165, 1.54) is 6.21 Å². The molecular weight excluding hydrogens is 400 g/mol. The summed E-state index contributed by atoms with van der Waals surface area (Å²) < 4.78 is 28.5. The summed E-state index contributed by atoms with van der Waals surface area (Å²) in [5.74, 6) is 0.583. The van der Waals surface area contributed by atoms with Gasteiger partial charge in [-0.05, 0) is 59.9 Å². The van der Waals surface area contributed by atoms with Crippen LogP contribution in [-0.2, 0) is 21.2 Å². The molecule has 8 heteroatoms. The van der Waals surface area contributed by atoms with Gasteiger partial charge in [0.05, 0.1) is 17.7 Å². The third-order valence-electron chi connectivity index (χ3n) is 4.40. The molecule has 0 radical (unpaired) electrons. The maximum Gasteiger partial charge on any atom is 0.240 e. The Bertz CT molecular complexity index is 941. The van der Waals surface area contributed by atoms with Crippen LogP contribution in [0.15, 0.2) is 53.6 Å². The predicted octanol–water partition coefficient (Wildman–Crippen LogP) is 3.19. The zero-order chi connectivity index (χ0) is 20.0. The van der Waals surface area contributed by atoms with Gasteiger partial charge >= 0.3 is 0 Å². The minimum Gasteiger partial charge on any atom is -0.489 e. The van der Waals surface area contributed by atoms with Crippen molar-refractivity contribution in [3.8, 4) is 5.75 Å². The van der Waals surface area contributed by atoms with Crippen LogP contribution in [0.5, 0.6) is 5.75 Å². The van der Waals surface area contributed by atoms with Crippen molar-refractivity contribution < 1.29 is 17.9 Å². The van der Waals surface area contributed by atoms with E-state index in [4.69, 9.17) is 16.3 Å². The van der Waals surface area contributed by atoms with Crippen LogP contribution in [0, 0.1) is 5.92 Å². The number of carbonyl (C=O) groups is 1. The van der Waals surface area contributed by atoms with E-state index in [0.29, 0.717) is 18.1 Å². The molecule has 1 N–H and O–H groups in total. The van der Waals surface area contributed by atoms with E-state index < -0.39 is 9.84 Å². The Morgan fingerprint density at radius 3 is 2.54 bits per heavy atom. The maximum absolute atomic E-state index is 11.8. The summed E-state index contributed by atoms with van der Waals surface area (Å²) in [6.45, 7) is 0.442. The van der Waals surface area contributed by atoms with E-state index in [0.717, 1.165) is 16.9 Å². The molecule has 148 valence electrons. The van der Waals surface area contributed by atoms with E-state index in [2.05, 4.69) is 10.5 Å². The lowest BCUT2D eigenvalue weighted by Crippen LogP contribution is -2.21. The molecule has 1 heterocycles. The summed E-state index contributed by atoms with van der Waals surface area (Å²) >= 11 is 5.86. The third kappa shape index (κ3) is 6.35. The molecule has 0 bridgehead atoms. The second-order valence-corrected chi connectivity index (χ2v) is 9.42. The van der Waals surface area contributed by atoms with E-state index in [1.807, 2.05) is 48.5 Å². The summed E-state index contributed by atoms with van der Waals surface area (Å²) in [5, 5.41) is 4.61. The Labute approximate surface area is 169 Å². The van der Waals surface area contributed by atoms with Crippen LogP contribution in [0.1, 0.15) is 24.0 Å². The summed E-state index contributed by atoms with van der Waals surface area (Å²) in [7, 11) is -2.97. The lowest BCUT2D eigenvalue weighted by atomic mass is 10.1. The highest BCUT2D eigenvalue weighted by molar-refractivity contribution is 7.91. The Hall–Kier alpha value is -2.38. The Morgan fingerprint density at radius 1 is 1.18 bits per heavy atom. The fourth-order valence-corrected chi connectivity index (χ4v) is 4.90. The molecule has 0 aliphatic carbocycles. The zero-order valence-corrected chi connectivity index (χ0v) is 16.7. The molecule has 0 spiro atoms. The second kappa shape index (κ2) is 9.21. The summed E-state index contributed by atoms with van der Waals surface area (Å²) in [6, 6.07) is 14.8. The SMILES string of the molecule is O=C(C[C@@H]1CCS(=O)(=O)C1)N/N=C\c1ccc(OCc2ccc(Cl)cc2)cc1. The Morgan fingerprint density at radius 2 is 1.89 bits per heavy atom. The smallest absolute Gasteiger partial charge is 0.240 e. The van der Waals surface area contributed by atoms with Gasteiger partial charge in [0.15, 0.2) is 9.84 Å². The van der Waals surface area contributed by atoms with Crippen molar-refractivity contribution >= 4 is 33.6 Å². The fourth-order valence-electron chi connectivity index (χ4n) is 2.92. The lowest BCUT2D eigenvalue weighted by molar-refractivity contribution is -0.121. The number of halogens is 1. The maximum atomic E-state index is 11.8. The van der Waals surface area contributed by atoms with E-state index >= 15 is 0 Å². The second-order valence-electron chi connectivity index (χ2n) is 6.75. The first-order chi connectivity index (χ1) is 13.4. The van der Waals surface area contributed by atoms with Gasteiger partial charge in [0.2, 0.25) is 5.91 Å². The Kier molecular flexibility index (Phi) is 6.70. The monoisotopic (exact) mass is 420 g/mol. The topological polar surface area (TPSA) is 84.8 Å². The minimum absolute atomic E-state index is 0.0849. The molecule has 1 amide bonds. The molecular formula is C20H21ClN2O4S. The van der Waals surface area contributed by atoms with Crippen LogP contribution in [-0.4, -0.2) is 32.0 Å². The number of nitrogens with zero attached hydrogens (tertiary/aromatic N) is 1. The van der Waals surface area contributed by atoms with Crippen LogP contribution >= 0.6 is 11.6 Å². The molecule has 0 unspecified atom stereocenters. The first-order valence-electron chi connectivity index (χ1n) is 8.89. The average Bonchev–Trinajstić information content (AvgIpc) is 3.00. The zero-order valence-electron chi connectivity index (χ0n) is 15.2. The van der Waals surface area contributed by atoms with Crippen molar-refractivity contribution in [1.82, 2.24) is 5.43 Å². The number of amides is 1. The van der Waals surface area contributed by atoms with E-state index in [1.54, 1.807) is 0 Å². The highest BCUT2D eigenvalue weighted by Crippen LogP contribution is 2.21. The number of sulfone groups is 1. The first kappa shape index (κ1) is 20.4. The van der Waals surface area contributed by atoms with Gasteiger partial charge in [-0.25, -0.2) is 13.8 Å². The molecule has 3 rings (SSSR count).